The highest BCUT2D eigenvalue weighted by molar-refractivity contribution is 5.66. The van der Waals surface area contributed by atoms with Gasteiger partial charge in [-0.25, -0.2) is 0 Å². The van der Waals surface area contributed by atoms with Crippen molar-refractivity contribution in [3.8, 4) is 0 Å². The first kappa shape index (κ1) is 11.2. The predicted octanol–water partition coefficient (Wildman–Crippen LogP) is 3.11. The molecule has 0 atom stereocenters. The molecule has 0 spiro atoms. The van der Waals surface area contributed by atoms with Crippen LogP contribution in [0.4, 0.5) is 0 Å². The Bertz CT molecular complexity index is 350. The molecule has 0 bridgehead atoms. The van der Waals surface area contributed by atoms with Crippen molar-refractivity contribution in [1.82, 2.24) is 0 Å². The standard InChI is InChI=1S/C14H18O2/c1-12(15)16-14(9-5-6-10-14)11-13-7-3-2-4-8-13/h2-4,7-8H,5-6,9-11H2,1H3. The van der Waals surface area contributed by atoms with Crippen LogP contribution in [-0.4, -0.2) is 11.6 Å². The van der Waals surface area contributed by atoms with Crippen LogP contribution >= 0.6 is 0 Å². The van der Waals surface area contributed by atoms with Crippen LogP contribution in [0.15, 0.2) is 30.3 Å². The van der Waals surface area contributed by atoms with E-state index in [0.29, 0.717) is 0 Å². The van der Waals surface area contributed by atoms with Crippen molar-refractivity contribution in [2.45, 2.75) is 44.6 Å². The van der Waals surface area contributed by atoms with Crippen molar-refractivity contribution in [2.24, 2.45) is 0 Å². The van der Waals surface area contributed by atoms with Gasteiger partial charge in [0.2, 0.25) is 0 Å². The smallest absolute Gasteiger partial charge is 0.303 e. The SMILES string of the molecule is CC(=O)OC1(Cc2ccccc2)CCCC1. The number of ether oxygens (including phenoxy) is 1. The number of hydrogen-bond acceptors (Lipinski definition) is 2. The molecule has 1 aliphatic rings. The van der Waals surface area contributed by atoms with Crippen molar-refractivity contribution in [2.75, 3.05) is 0 Å². The van der Waals surface area contributed by atoms with Crippen molar-refractivity contribution in [3.05, 3.63) is 35.9 Å². The Hall–Kier alpha value is -1.31. The zero-order chi connectivity index (χ0) is 11.4. The molecule has 0 radical (unpaired) electrons. The van der Waals surface area contributed by atoms with Crippen LogP contribution < -0.4 is 0 Å². The van der Waals surface area contributed by atoms with Crippen molar-refractivity contribution < 1.29 is 9.53 Å². The van der Waals surface area contributed by atoms with Gasteiger partial charge in [-0.15, -0.1) is 0 Å². The second kappa shape index (κ2) is 4.69. The lowest BCUT2D eigenvalue weighted by Crippen LogP contribution is -2.33. The second-order valence-electron chi connectivity index (χ2n) is 4.65. The van der Waals surface area contributed by atoms with E-state index in [2.05, 4.69) is 12.1 Å². The molecule has 0 saturated heterocycles. The molecule has 1 fully saturated rings. The number of carbonyl (C=O) groups excluding carboxylic acids is 1. The fourth-order valence-corrected chi connectivity index (χ4v) is 2.61. The lowest BCUT2D eigenvalue weighted by molar-refractivity contribution is -0.156. The Kier molecular flexibility index (Phi) is 3.28. The van der Waals surface area contributed by atoms with Gasteiger partial charge >= 0.3 is 5.97 Å². The normalized spacial score (nSPS) is 18.3. The maximum atomic E-state index is 11.2. The minimum atomic E-state index is -0.229. The molecular weight excluding hydrogens is 200 g/mol. The molecule has 0 amide bonds. The van der Waals surface area contributed by atoms with Crippen molar-refractivity contribution in [1.29, 1.82) is 0 Å². The third-order valence-electron chi connectivity index (χ3n) is 3.24. The van der Waals surface area contributed by atoms with E-state index in [1.54, 1.807) is 0 Å². The van der Waals surface area contributed by atoms with Gasteiger partial charge in [0, 0.05) is 13.3 Å². The summed E-state index contributed by atoms with van der Waals surface area (Å²) in [6.07, 6.45) is 5.19. The van der Waals surface area contributed by atoms with E-state index in [4.69, 9.17) is 4.74 Å². The van der Waals surface area contributed by atoms with E-state index in [1.165, 1.54) is 25.3 Å². The van der Waals surface area contributed by atoms with Gasteiger partial charge in [-0.3, -0.25) is 4.79 Å². The molecule has 1 saturated carbocycles. The zero-order valence-electron chi connectivity index (χ0n) is 9.74. The van der Waals surface area contributed by atoms with E-state index in [9.17, 15) is 4.79 Å². The number of benzene rings is 1. The van der Waals surface area contributed by atoms with E-state index in [-0.39, 0.29) is 11.6 Å². The van der Waals surface area contributed by atoms with Gasteiger partial charge < -0.3 is 4.74 Å². The highest BCUT2D eigenvalue weighted by Gasteiger charge is 2.36. The Morgan fingerprint density at radius 1 is 1.25 bits per heavy atom. The highest BCUT2D eigenvalue weighted by atomic mass is 16.6. The van der Waals surface area contributed by atoms with Gasteiger partial charge in [0.1, 0.15) is 5.60 Å². The van der Waals surface area contributed by atoms with Gasteiger partial charge in [-0.05, 0) is 31.2 Å². The summed E-state index contributed by atoms with van der Waals surface area (Å²) in [4.78, 5) is 11.2. The highest BCUT2D eigenvalue weighted by Crippen LogP contribution is 2.36. The summed E-state index contributed by atoms with van der Waals surface area (Å²) < 4.78 is 5.56. The minimum absolute atomic E-state index is 0.155. The van der Waals surface area contributed by atoms with Gasteiger partial charge in [-0.2, -0.15) is 0 Å². The fourth-order valence-electron chi connectivity index (χ4n) is 2.61. The number of carbonyl (C=O) groups is 1. The molecule has 1 aromatic rings. The summed E-state index contributed by atoms with van der Waals surface area (Å²) >= 11 is 0. The van der Waals surface area contributed by atoms with Crippen LogP contribution in [-0.2, 0) is 16.0 Å². The lowest BCUT2D eigenvalue weighted by atomic mass is 9.92. The molecule has 1 aromatic carbocycles. The number of hydrogen-bond donors (Lipinski definition) is 0. The lowest BCUT2D eigenvalue weighted by Gasteiger charge is -2.28. The quantitative estimate of drug-likeness (QED) is 0.729. The largest absolute Gasteiger partial charge is 0.459 e. The molecule has 0 aromatic heterocycles. The second-order valence-corrected chi connectivity index (χ2v) is 4.65. The number of rotatable bonds is 3. The van der Waals surface area contributed by atoms with Crippen LogP contribution in [0.3, 0.4) is 0 Å². The first-order chi connectivity index (χ1) is 7.70. The Morgan fingerprint density at radius 3 is 2.44 bits per heavy atom. The average molecular weight is 218 g/mol. The van der Waals surface area contributed by atoms with Crippen molar-refractivity contribution >= 4 is 5.97 Å². The van der Waals surface area contributed by atoms with E-state index in [1.807, 2.05) is 18.2 Å². The molecule has 86 valence electrons. The molecule has 0 aliphatic heterocycles. The minimum Gasteiger partial charge on any atom is -0.459 e. The summed E-state index contributed by atoms with van der Waals surface area (Å²) in [5.74, 6) is -0.155. The van der Waals surface area contributed by atoms with Crippen LogP contribution in [0.5, 0.6) is 0 Å². The van der Waals surface area contributed by atoms with Crippen LogP contribution in [0.1, 0.15) is 38.2 Å². The molecule has 2 heteroatoms. The molecule has 2 rings (SSSR count). The summed E-state index contributed by atoms with van der Waals surface area (Å²) in [5, 5.41) is 0. The zero-order valence-corrected chi connectivity index (χ0v) is 9.74. The Balaban J connectivity index is 2.11. The molecular formula is C14H18O2. The van der Waals surface area contributed by atoms with Gasteiger partial charge in [0.05, 0.1) is 0 Å². The topological polar surface area (TPSA) is 26.3 Å². The maximum absolute atomic E-state index is 11.2. The van der Waals surface area contributed by atoms with Gasteiger partial charge in [-0.1, -0.05) is 30.3 Å². The molecule has 1 aliphatic carbocycles. The Labute approximate surface area is 96.6 Å². The molecule has 0 unspecified atom stereocenters. The van der Waals surface area contributed by atoms with E-state index >= 15 is 0 Å². The first-order valence-corrected chi connectivity index (χ1v) is 5.94. The predicted molar refractivity (Wildman–Crippen MR) is 63.1 cm³/mol. The van der Waals surface area contributed by atoms with Crippen molar-refractivity contribution in [3.63, 3.8) is 0 Å². The Morgan fingerprint density at radius 2 is 1.88 bits per heavy atom. The van der Waals surface area contributed by atoms with Crippen LogP contribution in [0, 0.1) is 0 Å². The average Bonchev–Trinajstić information content (AvgIpc) is 2.66. The third-order valence-corrected chi connectivity index (χ3v) is 3.24. The molecule has 2 nitrogen and oxygen atoms in total. The number of esters is 1. The summed E-state index contributed by atoms with van der Waals surface area (Å²) in [7, 11) is 0. The third kappa shape index (κ3) is 2.63. The molecule has 0 N–H and O–H groups in total. The van der Waals surface area contributed by atoms with Crippen LogP contribution in [0.2, 0.25) is 0 Å². The summed E-state index contributed by atoms with van der Waals surface area (Å²) in [6.45, 7) is 1.51. The monoisotopic (exact) mass is 218 g/mol. The summed E-state index contributed by atoms with van der Waals surface area (Å²) in [6, 6.07) is 10.3. The van der Waals surface area contributed by atoms with E-state index < -0.39 is 0 Å². The van der Waals surface area contributed by atoms with Gasteiger partial charge in [0.15, 0.2) is 0 Å². The fraction of sp³-hybridized carbons (Fsp3) is 0.500. The molecule has 0 heterocycles. The van der Waals surface area contributed by atoms with Gasteiger partial charge in [0.25, 0.3) is 0 Å². The first-order valence-electron chi connectivity index (χ1n) is 5.94. The summed E-state index contributed by atoms with van der Waals surface area (Å²) in [5.41, 5.74) is 1.03. The maximum Gasteiger partial charge on any atom is 0.303 e. The van der Waals surface area contributed by atoms with E-state index in [0.717, 1.165) is 19.3 Å². The molecule has 16 heavy (non-hydrogen) atoms. The van der Waals surface area contributed by atoms with Crippen LogP contribution in [0.25, 0.3) is 0 Å².